The molecule has 0 amide bonds. The van der Waals surface area contributed by atoms with Crippen LogP contribution in [-0.4, -0.2) is 18.1 Å². The van der Waals surface area contributed by atoms with Gasteiger partial charge in [-0.1, -0.05) is 6.07 Å². The fraction of sp³-hybridized carbons (Fsp3) is 0.312. The summed E-state index contributed by atoms with van der Waals surface area (Å²) in [7, 11) is 0. The highest BCUT2D eigenvalue weighted by Gasteiger charge is 2.13. The van der Waals surface area contributed by atoms with Gasteiger partial charge in [0.1, 0.15) is 17.5 Å². The Morgan fingerprint density at radius 2 is 1.90 bits per heavy atom. The molecule has 2 heterocycles. The van der Waals surface area contributed by atoms with Gasteiger partial charge in [-0.25, -0.2) is 13.8 Å². The Hall–Kier alpha value is -2.17. The largest absolute Gasteiger partial charge is 0.380 e. The van der Waals surface area contributed by atoms with Crippen LogP contribution in [0.25, 0.3) is 0 Å². The quantitative estimate of drug-likeness (QED) is 0.932. The second kappa shape index (κ2) is 6.08. The van der Waals surface area contributed by atoms with Crippen molar-refractivity contribution in [3.05, 3.63) is 53.7 Å². The molecule has 3 rings (SSSR count). The first-order valence-corrected chi connectivity index (χ1v) is 7.11. The van der Waals surface area contributed by atoms with Gasteiger partial charge in [-0.05, 0) is 31.0 Å². The van der Waals surface area contributed by atoms with Crippen LogP contribution in [0, 0.1) is 11.6 Å². The Morgan fingerprint density at radius 3 is 2.57 bits per heavy atom. The maximum absolute atomic E-state index is 13.5. The van der Waals surface area contributed by atoms with Gasteiger partial charge in [-0.3, -0.25) is 0 Å². The summed E-state index contributed by atoms with van der Waals surface area (Å²) < 4.78 is 26.3. The number of rotatable bonds is 4. The van der Waals surface area contributed by atoms with Gasteiger partial charge in [0.05, 0.1) is 11.9 Å². The maximum atomic E-state index is 13.5. The van der Waals surface area contributed by atoms with E-state index in [0.29, 0.717) is 12.1 Å². The molecular weight excluding hydrogens is 272 g/mol. The molecule has 1 N–H and O–H groups in total. The van der Waals surface area contributed by atoms with Crippen molar-refractivity contribution in [3.8, 4) is 0 Å². The highest BCUT2D eigenvalue weighted by molar-refractivity contribution is 5.49. The average molecular weight is 289 g/mol. The second-order valence-corrected chi connectivity index (χ2v) is 5.19. The van der Waals surface area contributed by atoms with Crippen LogP contribution in [0.15, 0.2) is 36.5 Å². The summed E-state index contributed by atoms with van der Waals surface area (Å²) in [5.41, 5.74) is 1.25. The van der Waals surface area contributed by atoms with Crippen LogP contribution in [0.4, 0.5) is 20.3 Å². The highest BCUT2D eigenvalue weighted by Crippen LogP contribution is 2.19. The lowest BCUT2D eigenvalue weighted by molar-refractivity contribution is 0.574. The number of benzene rings is 1. The molecule has 5 heteroatoms. The van der Waals surface area contributed by atoms with Crippen LogP contribution in [0.1, 0.15) is 18.4 Å². The van der Waals surface area contributed by atoms with Crippen molar-refractivity contribution in [2.75, 3.05) is 23.3 Å². The molecule has 21 heavy (non-hydrogen) atoms. The van der Waals surface area contributed by atoms with Crippen molar-refractivity contribution in [1.29, 1.82) is 0 Å². The van der Waals surface area contributed by atoms with Gasteiger partial charge in [0.25, 0.3) is 0 Å². The molecule has 0 atom stereocenters. The standard InChI is InChI=1S/C16H17F2N3/c17-13-4-3-12(15(18)9-13)10-19-14-5-6-16(20-11-14)21-7-1-2-8-21/h3-6,9,11,19H,1-2,7-8,10H2. The number of halogens is 2. The Kier molecular flexibility index (Phi) is 3.99. The zero-order valence-corrected chi connectivity index (χ0v) is 11.6. The van der Waals surface area contributed by atoms with Gasteiger partial charge in [-0.15, -0.1) is 0 Å². The molecule has 1 aromatic heterocycles. The maximum Gasteiger partial charge on any atom is 0.131 e. The van der Waals surface area contributed by atoms with Gasteiger partial charge in [-0.2, -0.15) is 0 Å². The third kappa shape index (κ3) is 3.29. The van der Waals surface area contributed by atoms with Gasteiger partial charge >= 0.3 is 0 Å². The summed E-state index contributed by atoms with van der Waals surface area (Å²) in [5, 5.41) is 3.10. The second-order valence-electron chi connectivity index (χ2n) is 5.19. The topological polar surface area (TPSA) is 28.2 Å². The normalized spacial score (nSPS) is 14.5. The highest BCUT2D eigenvalue weighted by atomic mass is 19.1. The van der Waals surface area contributed by atoms with Crippen LogP contribution in [-0.2, 0) is 6.54 Å². The number of anilines is 2. The van der Waals surface area contributed by atoms with E-state index < -0.39 is 11.6 Å². The smallest absolute Gasteiger partial charge is 0.131 e. The minimum Gasteiger partial charge on any atom is -0.380 e. The molecule has 0 unspecified atom stereocenters. The van der Waals surface area contributed by atoms with Crippen LogP contribution in [0.5, 0.6) is 0 Å². The summed E-state index contributed by atoms with van der Waals surface area (Å²) >= 11 is 0. The predicted octanol–water partition coefficient (Wildman–Crippen LogP) is 3.57. The first-order chi connectivity index (χ1) is 10.2. The zero-order chi connectivity index (χ0) is 14.7. The molecule has 2 aromatic rings. The molecule has 1 aliphatic heterocycles. The van der Waals surface area contributed by atoms with Crippen LogP contribution in [0.2, 0.25) is 0 Å². The summed E-state index contributed by atoms with van der Waals surface area (Å²) in [5.74, 6) is -0.122. The minimum atomic E-state index is -0.562. The molecule has 1 aromatic carbocycles. The van der Waals surface area contributed by atoms with Crippen molar-refractivity contribution in [1.82, 2.24) is 4.98 Å². The van der Waals surface area contributed by atoms with E-state index in [-0.39, 0.29) is 0 Å². The van der Waals surface area contributed by atoms with E-state index in [1.165, 1.54) is 25.0 Å². The van der Waals surface area contributed by atoms with Crippen LogP contribution < -0.4 is 10.2 Å². The number of nitrogens with one attached hydrogen (secondary N) is 1. The van der Waals surface area contributed by atoms with Gasteiger partial charge < -0.3 is 10.2 Å². The molecule has 0 aliphatic carbocycles. The third-order valence-electron chi connectivity index (χ3n) is 3.68. The van der Waals surface area contributed by atoms with E-state index in [9.17, 15) is 8.78 Å². The average Bonchev–Trinajstić information content (AvgIpc) is 3.01. The summed E-state index contributed by atoms with van der Waals surface area (Å²) in [6.45, 7) is 2.41. The van der Waals surface area contributed by atoms with E-state index in [1.54, 1.807) is 6.20 Å². The van der Waals surface area contributed by atoms with E-state index in [1.807, 2.05) is 12.1 Å². The fourth-order valence-electron chi connectivity index (χ4n) is 2.49. The third-order valence-corrected chi connectivity index (χ3v) is 3.68. The number of nitrogens with zero attached hydrogens (tertiary/aromatic N) is 2. The lowest BCUT2D eigenvalue weighted by atomic mass is 10.2. The minimum absolute atomic E-state index is 0.302. The Morgan fingerprint density at radius 1 is 1.10 bits per heavy atom. The molecular formula is C16H17F2N3. The van der Waals surface area contributed by atoms with Crippen molar-refractivity contribution in [3.63, 3.8) is 0 Å². The number of pyridine rings is 1. The fourth-order valence-corrected chi connectivity index (χ4v) is 2.49. The summed E-state index contributed by atoms with van der Waals surface area (Å²) in [6, 6.07) is 7.50. The van der Waals surface area contributed by atoms with Gasteiger partial charge in [0.2, 0.25) is 0 Å². The van der Waals surface area contributed by atoms with E-state index in [0.717, 1.165) is 30.7 Å². The molecule has 1 saturated heterocycles. The van der Waals surface area contributed by atoms with Crippen molar-refractivity contribution in [2.45, 2.75) is 19.4 Å². The number of hydrogen-bond acceptors (Lipinski definition) is 3. The lowest BCUT2D eigenvalue weighted by Crippen LogP contribution is -2.18. The molecule has 3 nitrogen and oxygen atoms in total. The van der Waals surface area contributed by atoms with E-state index >= 15 is 0 Å². The van der Waals surface area contributed by atoms with Crippen LogP contribution >= 0.6 is 0 Å². The van der Waals surface area contributed by atoms with Crippen LogP contribution in [0.3, 0.4) is 0 Å². The number of hydrogen-bond donors (Lipinski definition) is 1. The van der Waals surface area contributed by atoms with Crippen molar-refractivity contribution >= 4 is 11.5 Å². The van der Waals surface area contributed by atoms with Gasteiger partial charge in [0, 0.05) is 31.3 Å². The Bertz CT molecular complexity index is 607. The molecule has 0 saturated carbocycles. The van der Waals surface area contributed by atoms with Crippen molar-refractivity contribution < 1.29 is 8.78 Å². The predicted molar refractivity (Wildman–Crippen MR) is 79.4 cm³/mol. The number of aromatic nitrogens is 1. The summed E-state index contributed by atoms with van der Waals surface area (Å²) in [4.78, 5) is 6.67. The summed E-state index contributed by atoms with van der Waals surface area (Å²) in [6.07, 6.45) is 4.17. The molecule has 1 fully saturated rings. The first kappa shape index (κ1) is 13.8. The monoisotopic (exact) mass is 289 g/mol. The Labute approximate surface area is 122 Å². The van der Waals surface area contributed by atoms with Crippen molar-refractivity contribution in [2.24, 2.45) is 0 Å². The zero-order valence-electron chi connectivity index (χ0n) is 11.6. The van der Waals surface area contributed by atoms with E-state index in [4.69, 9.17) is 0 Å². The molecule has 0 spiro atoms. The molecule has 0 bridgehead atoms. The molecule has 0 radical (unpaired) electrons. The molecule has 110 valence electrons. The SMILES string of the molecule is Fc1ccc(CNc2ccc(N3CCCC3)nc2)c(F)c1. The first-order valence-electron chi connectivity index (χ1n) is 7.11. The van der Waals surface area contributed by atoms with Gasteiger partial charge in [0.15, 0.2) is 0 Å². The van der Waals surface area contributed by atoms with E-state index in [2.05, 4.69) is 15.2 Å². The Balaban J connectivity index is 1.62. The molecule has 1 aliphatic rings. The lowest BCUT2D eigenvalue weighted by Gasteiger charge is -2.16.